The van der Waals surface area contributed by atoms with Crippen LogP contribution in [0.3, 0.4) is 0 Å². The lowest BCUT2D eigenvalue weighted by atomic mass is 9.84. The van der Waals surface area contributed by atoms with Gasteiger partial charge in [-0.1, -0.05) is 62.3 Å². The zero-order chi connectivity index (χ0) is 22.7. The number of carbonyl (C=O) groups excluding carboxylic acids is 2. The van der Waals surface area contributed by atoms with Gasteiger partial charge in [-0.2, -0.15) is 0 Å². The molecule has 0 rings (SSSR count). The predicted octanol–water partition coefficient (Wildman–Crippen LogP) is 6.80. The van der Waals surface area contributed by atoms with Gasteiger partial charge in [0.1, 0.15) is 0 Å². The minimum Gasteiger partial charge on any atom is -0.466 e. The summed E-state index contributed by atoms with van der Waals surface area (Å²) < 4.78 is 10.8. The molecule has 0 aromatic carbocycles. The van der Waals surface area contributed by atoms with Crippen molar-refractivity contribution in [3.8, 4) is 0 Å². The molecule has 4 heteroatoms. The van der Waals surface area contributed by atoms with Crippen molar-refractivity contribution in [2.45, 2.75) is 107 Å². The van der Waals surface area contributed by atoms with Crippen LogP contribution < -0.4 is 0 Å². The van der Waals surface area contributed by atoms with Gasteiger partial charge in [-0.3, -0.25) is 9.59 Å². The largest absolute Gasteiger partial charge is 0.466 e. The topological polar surface area (TPSA) is 52.6 Å². The summed E-state index contributed by atoms with van der Waals surface area (Å²) in [6.45, 7) is 20.6. The highest BCUT2D eigenvalue weighted by Crippen LogP contribution is 2.26. The van der Waals surface area contributed by atoms with Gasteiger partial charge in [0.15, 0.2) is 0 Å². The van der Waals surface area contributed by atoms with Gasteiger partial charge in [-0.15, -0.1) is 0 Å². The normalized spacial score (nSPS) is 15.5. The SMILES string of the molecule is CC(CCOC(=O)CCCC(C)C(=O)OCCC(C)CC(C)(C)C)CC(C)(C)C. The van der Waals surface area contributed by atoms with Crippen LogP contribution in [0.15, 0.2) is 0 Å². The quantitative estimate of drug-likeness (QED) is 0.312. The third-order valence-electron chi connectivity index (χ3n) is 5.07. The van der Waals surface area contributed by atoms with Crippen LogP contribution in [0.2, 0.25) is 0 Å². The first-order chi connectivity index (χ1) is 13.2. The molecule has 0 N–H and O–H groups in total. The maximum absolute atomic E-state index is 12.1. The van der Waals surface area contributed by atoms with Gasteiger partial charge >= 0.3 is 11.9 Å². The number of hydrogen-bond acceptors (Lipinski definition) is 4. The summed E-state index contributed by atoms with van der Waals surface area (Å²) in [5.41, 5.74) is 0.606. The van der Waals surface area contributed by atoms with Crippen LogP contribution in [0.4, 0.5) is 0 Å². The first-order valence-electron chi connectivity index (χ1n) is 11.5. The van der Waals surface area contributed by atoms with Gasteiger partial charge in [0, 0.05) is 6.42 Å². The monoisotopic (exact) mass is 412 g/mol. The van der Waals surface area contributed by atoms with Crippen LogP contribution in [0.1, 0.15) is 107 Å². The van der Waals surface area contributed by atoms with Gasteiger partial charge in [0.05, 0.1) is 19.1 Å². The van der Waals surface area contributed by atoms with Crippen molar-refractivity contribution in [1.82, 2.24) is 0 Å². The fraction of sp³-hybridized carbons (Fsp3) is 0.920. The summed E-state index contributed by atoms with van der Waals surface area (Å²) in [4.78, 5) is 24.0. The van der Waals surface area contributed by atoms with E-state index in [1.807, 2.05) is 6.92 Å². The van der Waals surface area contributed by atoms with Crippen molar-refractivity contribution >= 4 is 11.9 Å². The lowest BCUT2D eigenvalue weighted by Crippen LogP contribution is -2.18. The number of rotatable bonds is 13. The van der Waals surface area contributed by atoms with Crippen molar-refractivity contribution in [3.63, 3.8) is 0 Å². The second-order valence-electron chi connectivity index (χ2n) is 11.5. The molecule has 29 heavy (non-hydrogen) atoms. The first-order valence-corrected chi connectivity index (χ1v) is 11.5. The third-order valence-corrected chi connectivity index (χ3v) is 5.07. The van der Waals surface area contributed by atoms with Gasteiger partial charge in [-0.05, 0) is 61.2 Å². The molecule has 0 bridgehead atoms. The van der Waals surface area contributed by atoms with Crippen LogP contribution in [-0.4, -0.2) is 25.2 Å². The molecule has 0 amide bonds. The van der Waals surface area contributed by atoms with E-state index in [0.29, 0.717) is 55.1 Å². The van der Waals surface area contributed by atoms with Crippen LogP contribution in [0, 0.1) is 28.6 Å². The fourth-order valence-electron chi connectivity index (χ4n) is 3.91. The van der Waals surface area contributed by atoms with Crippen molar-refractivity contribution in [2.75, 3.05) is 13.2 Å². The zero-order valence-corrected chi connectivity index (χ0v) is 20.7. The molecule has 0 saturated heterocycles. The number of ether oxygens (including phenoxy) is 2. The smallest absolute Gasteiger partial charge is 0.308 e. The Bertz CT molecular complexity index is 470. The lowest BCUT2D eigenvalue weighted by Gasteiger charge is -2.23. The average molecular weight is 413 g/mol. The van der Waals surface area contributed by atoms with Gasteiger partial charge in [0.25, 0.3) is 0 Å². The molecule has 0 heterocycles. The van der Waals surface area contributed by atoms with Gasteiger partial charge in [-0.25, -0.2) is 0 Å². The first kappa shape index (κ1) is 27.9. The molecule has 172 valence electrons. The fourth-order valence-corrected chi connectivity index (χ4v) is 3.91. The van der Waals surface area contributed by atoms with E-state index in [-0.39, 0.29) is 17.9 Å². The Labute approximate surface area is 180 Å². The minimum atomic E-state index is -0.174. The molecule has 0 aliphatic heterocycles. The Kier molecular flexibility index (Phi) is 12.8. The summed E-state index contributed by atoms with van der Waals surface area (Å²) >= 11 is 0. The minimum absolute atomic E-state index is 0.155. The third kappa shape index (κ3) is 17.5. The van der Waals surface area contributed by atoms with E-state index in [1.54, 1.807) is 0 Å². The maximum atomic E-state index is 12.1. The Balaban J connectivity index is 3.86. The average Bonchev–Trinajstić information content (AvgIpc) is 2.51. The second-order valence-corrected chi connectivity index (χ2v) is 11.5. The molecule has 3 atom stereocenters. The molecule has 3 unspecified atom stereocenters. The molecule has 0 aromatic heterocycles. The number of carbonyl (C=O) groups is 2. The molecule has 0 radical (unpaired) electrons. The molecule has 0 aromatic rings. The molecule has 0 aliphatic carbocycles. The van der Waals surface area contributed by atoms with E-state index < -0.39 is 0 Å². The highest BCUT2D eigenvalue weighted by molar-refractivity contribution is 5.72. The van der Waals surface area contributed by atoms with Crippen LogP contribution in [0.5, 0.6) is 0 Å². The Morgan fingerprint density at radius 1 is 0.724 bits per heavy atom. The molecule has 4 nitrogen and oxygen atoms in total. The number of esters is 2. The number of hydrogen-bond donors (Lipinski definition) is 0. The van der Waals surface area contributed by atoms with Gasteiger partial charge < -0.3 is 9.47 Å². The van der Waals surface area contributed by atoms with Crippen LogP contribution >= 0.6 is 0 Å². The van der Waals surface area contributed by atoms with Crippen molar-refractivity contribution in [2.24, 2.45) is 28.6 Å². The summed E-state index contributed by atoms with van der Waals surface area (Å²) in [6, 6.07) is 0. The van der Waals surface area contributed by atoms with E-state index in [9.17, 15) is 9.59 Å². The molecule has 0 saturated carbocycles. The summed E-state index contributed by atoms with van der Waals surface area (Å²) in [5.74, 6) is 0.595. The van der Waals surface area contributed by atoms with E-state index in [2.05, 4.69) is 55.4 Å². The Hall–Kier alpha value is -1.06. The molecule has 0 spiro atoms. The molecular weight excluding hydrogens is 364 g/mol. The lowest BCUT2D eigenvalue weighted by molar-refractivity contribution is -0.149. The van der Waals surface area contributed by atoms with E-state index in [4.69, 9.17) is 9.47 Å². The van der Waals surface area contributed by atoms with Crippen LogP contribution in [-0.2, 0) is 19.1 Å². The highest BCUT2D eigenvalue weighted by Gasteiger charge is 2.19. The summed E-state index contributed by atoms with van der Waals surface area (Å²) in [7, 11) is 0. The standard InChI is InChI=1S/C25H48O4/c1-19(17-24(4,5)6)13-15-28-22(26)12-10-11-21(3)23(27)29-16-14-20(2)18-25(7,8)9/h19-21H,10-18H2,1-9H3. The van der Waals surface area contributed by atoms with Crippen LogP contribution in [0.25, 0.3) is 0 Å². The Morgan fingerprint density at radius 2 is 1.17 bits per heavy atom. The zero-order valence-electron chi connectivity index (χ0n) is 20.7. The molecule has 0 fully saturated rings. The maximum Gasteiger partial charge on any atom is 0.308 e. The molecular formula is C25H48O4. The van der Waals surface area contributed by atoms with Crippen molar-refractivity contribution in [3.05, 3.63) is 0 Å². The van der Waals surface area contributed by atoms with Gasteiger partial charge in [0.2, 0.25) is 0 Å². The Morgan fingerprint density at radius 3 is 1.62 bits per heavy atom. The predicted molar refractivity (Wildman–Crippen MR) is 121 cm³/mol. The summed E-state index contributed by atoms with van der Waals surface area (Å²) in [5, 5.41) is 0. The van der Waals surface area contributed by atoms with E-state index >= 15 is 0 Å². The van der Waals surface area contributed by atoms with Crippen molar-refractivity contribution < 1.29 is 19.1 Å². The summed E-state index contributed by atoms with van der Waals surface area (Å²) in [6.07, 6.45) is 5.73. The molecule has 0 aliphatic rings. The van der Waals surface area contributed by atoms with Crippen molar-refractivity contribution in [1.29, 1.82) is 0 Å². The van der Waals surface area contributed by atoms with E-state index in [0.717, 1.165) is 25.7 Å². The second kappa shape index (κ2) is 13.3. The van der Waals surface area contributed by atoms with E-state index in [1.165, 1.54) is 0 Å². The highest BCUT2D eigenvalue weighted by atomic mass is 16.5.